The number of benzene rings is 1. The Morgan fingerprint density at radius 3 is 2.80 bits per heavy atom. The second-order valence-corrected chi connectivity index (χ2v) is 4.88. The van der Waals surface area contributed by atoms with Crippen LogP contribution in [0, 0.1) is 10.1 Å². The molecule has 3 rings (SSSR count). The van der Waals surface area contributed by atoms with Crippen molar-refractivity contribution in [3.8, 4) is 0 Å². The van der Waals surface area contributed by atoms with Gasteiger partial charge in [0.2, 0.25) is 5.82 Å². The van der Waals surface area contributed by atoms with Crippen LogP contribution in [0.15, 0.2) is 36.4 Å². The van der Waals surface area contributed by atoms with Gasteiger partial charge in [0.15, 0.2) is 0 Å². The molecule has 2 heterocycles. The van der Waals surface area contributed by atoms with Crippen molar-refractivity contribution in [1.29, 1.82) is 0 Å². The van der Waals surface area contributed by atoms with Crippen molar-refractivity contribution in [2.75, 3.05) is 10.6 Å². The molecule has 1 unspecified atom stereocenters. The van der Waals surface area contributed by atoms with Crippen molar-refractivity contribution in [2.24, 2.45) is 0 Å². The molecule has 1 aromatic carbocycles. The molecule has 2 aromatic rings. The molecule has 1 aromatic heterocycles. The average Bonchev–Trinajstić information content (AvgIpc) is 2.73. The quantitative estimate of drug-likeness (QED) is 0.669. The van der Waals surface area contributed by atoms with Crippen LogP contribution in [0.3, 0.4) is 0 Å². The van der Waals surface area contributed by atoms with Crippen LogP contribution in [0.4, 0.5) is 23.0 Å². The minimum Gasteiger partial charge on any atom is -0.378 e. The summed E-state index contributed by atoms with van der Waals surface area (Å²) in [5.41, 5.74) is 7.85. The molecule has 0 radical (unpaired) electrons. The molecule has 1 aliphatic heterocycles. The third kappa shape index (κ3) is 1.85. The Bertz CT molecular complexity index is 687. The molecule has 102 valence electrons. The molecule has 1 aliphatic rings. The highest BCUT2D eigenvalue weighted by Crippen LogP contribution is 2.38. The molecule has 0 aliphatic carbocycles. The number of para-hydroxylation sites is 1. The Kier molecular flexibility index (Phi) is 2.78. The molecule has 6 heteroatoms. The molecule has 0 amide bonds. The highest BCUT2D eigenvalue weighted by Gasteiger charge is 2.28. The molecule has 20 heavy (non-hydrogen) atoms. The number of nitrogen functional groups attached to an aromatic ring is 1. The predicted molar refractivity (Wildman–Crippen MR) is 77.1 cm³/mol. The van der Waals surface area contributed by atoms with Gasteiger partial charge in [0.05, 0.1) is 4.92 Å². The summed E-state index contributed by atoms with van der Waals surface area (Å²) in [6, 6.07) is 11.4. The van der Waals surface area contributed by atoms with E-state index in [1.165, 1.54) is 11.6 Å². The lowest BCUT2D eigenvalue weighted by molar-refractivity contribution is -0.384. The smallest absolute Gasteiger partial charge is 0.311 e. The van der Waals surface area contributed by atoms with Crippen molar-refractivity contribution < 1.29 is 4.92 Å². The summed E-state index contributed by atoms with van der Waals surface area (Å²) in [5, 5.41) is 10.8. The van der Waals surface area contributed by atoms with E-state index in [0.717, 1.165) is 12.1 Å². The largest absolute Gasteiger partial charge is 0.378 e. The lowest BCUT2D eigenvalue weighted by Crippen LogP contribution is -2.25. The molecule has 0 saturated heterocycles. The van der Waals surface area contributed by atoms with Crippen LogP contribution in [-0.4, -0.2) is 15.9 Å². The summed E-state index contributed by atoms with van der Waals surface area (Å²) in [7, 11) is 0. The van der Waals surface area contributed by atoms with Gasteiger partial charge in [0, 0.05) is 17.8 Å². The molecule has 0 spiro atoms. The predicted octanol–water partition coefficient (Wildman–Crippen LogP) is 2.65. The lowest BCUT2D eigenvalue weighted by atomic mass is 10.1. The Labute approximate surface area is 116 Å². The van der Waals surface area contributed by atoms with Crippen LogP contribution in [-0.2, 0) is 6.42 Å². The monoisotopic (exact) mass is 270 g/mol. The number of hydrogen-bond donors (Lipinski definition) is 1. The molecule has 0 fully saturated rings. The standard InChI is InChI=1S/C14H14N4O2/c1-9-8-10-4-2-3-5-11(10)17(9)13-7-6-12(18(19)20)14(15)16-13/h2-7,9H,8H2,1H3,(H2,15,16). The van der Waals surface area contributed by atoms with Gasteiger partial charge in [-0.1, -0.05) is 18.2 Å². The van der Waals surface area contributed by atoms with E-state index in [2.05, 4.69) is 22.9 Å². The number of nitro groups is 1. The van der Waals surface area contributed by atoms with Gasteiger partial charge in [-0.15, -0.1) is 0 Å². The van der Waals surface area contributed by atoms with E-state index in [9.17, 15) is 10.1 Å². The molecule has 6 nitrogen and oxygen atoms in total. The van der Waals surface area contributed by atoms with Gasteiger partial charge in [-0.25, -0.2) is 4.98 Å². The van der Waals surface area contributed by atoms with E-state index in [0.29, 0.717) is 5.82 Å². The van der Waals surface area contributed by atoms with Crippen molar-refractivity contribution in [2.45, 2.75) is 19.4 Å². The SMILES string of the molecule is CC1Cc2ccccc2N1c1ccc([N+](=O)[O-])c(N)n1. The van der Waals surface area contributed by atoms with Gasteiger partial charge in [-0.05, 0) is 31.0 Å². The number of rotatable bonds is 2. The molecular formula is C14H14N4O2. The zero-order valence-electron chi connectivity index (χ0n) is 11.0. The van der Waals surface area contributed by atoms with Gasteiger partial charge >= 0.3 is 5.69 Å². The van der Waals surface area contributed by atoms with Crippen molar-refractivity contribution in [1.82, 2.24) is 4.98 Å². The summed E-state index contributed by atoms with van der Waals surface area (Å²) in [6.45, 7) is 2.10. The number of anilines is 3. The van der Waals surface area contributed by atoms with Crippen molar-refractivity contribution >= 4 is 23.0 Å². The summed E-state index contributed by atoms with van der Waals surface area (Å²) < 4.78 is 0. The first-order valence-corrected chi connectivity index (χ1v) is 6.36. The maximum atomic E-state index is 10.8. The number of nitrogens with zero attached hydrogens (tertiary/aromatic N) is 3. The number of hydrogen-bond acceptors (Lipinski definition) is 5. The fraction of sp³-hybridized carbons (Fsp3) is 0.214. The van der Waals surface area contributed by atoms with E-state index in [-0.39, 0.29) is 17.5 Å². The van der Waals surface area contributed by atoms with E-state index in [1.807, 2.05) is 18.2 Å². The summed E-state index contributed by atoms with van der Waals surface area (Å²) in [5.74, 6) is 0.592. The number of pyridine rings is 1. The van der Waals surface area contributed by atoms with Crippen molar-refractivity contribution in [3.05, 3.63) is 52.1 Å². The fourth-order valence-electron chi connectivity index (χ4n) is 2.66. The lowest BCUT2D eigenvalue weighted by Gasteiger charge is -2.23. The molecule has 1 atom stereocenters. The molecule has 0 bridgehead atoms. The van der Waals surface area contributed by atoms with Crippen molar-refractivity contribution in [3.63, 3.8) is 0 Å². The Hall–Kier alpha value is -2.63. The maximum Gasteiger partial charge on any atom is 0.311 e. The van der Waals surface area contributed by atoms with Gasteiger partial charge in [0.1, 0.15) is 5.82 Å². The first-order chi connectivity index (χ1) is 9.58. The summed E-state index contributed by atoms with van der Waals surface area (Å²) in [4.78, 5) is 16.5. The Balaban J connectivity index is 2.06. The first-order valence-electron chi connectivity index (χ1n) is 6.36. The molecule has 0 saturated carbocycles. The van der Waals surface area contributed by atoms with Crippen LogP contribution in [0.2, 0.25) is 0 Å². The highest BCUT2D eigenvalue weighted by molar-refractivity contribution is 5.71. The van der Waals surface area contributed by atoms with Gasteiger partial charge in [-0.2, -0.15) is 0 Å². The maximum absolute atomic E-state index is 10.8. The second kappa shape index (κ2) is 4.48. The molecular weight excluding hydrogens is 256 g/mol. The summed E-state index contributed by atoms with van der Waals surface area (Å²) in [6.07, 6.45) is 0.925. The number of aromatic nitrogens is 1. The number of nitrogens with two attached hydrogens (primary N) is 1. The zero-order chi connectivity index (χ0) is 14.3. The minimum atomic E-state index is -0.520. The van der Waals surface area contributed by atoms with E-state index in [1.54, 1.807) is 6.07 Å². The number of fused-ring (bicyclic) bond motifs is 1. The minimum absolute atomic E-state index is 0.0518. The van der Waals surface area contributed by atoms with Gasteiger partial charge in [0.25, 0.3) is 0 Å². The van der Waals surface area contributed by atoms with Crippen LogP contribution in [0.25, 0.3) is 0 Å². The summed E-state index contributed by atoms with van der Waals surface area (Å²) >= 11 is 0. The van der Waals surface area contributed by atoms with E-state index < -0.39 is 4.92 Å². The average molecular weight is 270 g/mol. The van der Waals surface area contributed by atoms with Crippen LogP contribution in [0.5, 0.6) is 0 Å². The third-order valence-electron chi connectivity index (χ3n) is 3.54. The van der Waals surface area contributed by atoms with Gasteiger partial charge < -0.3 is 10.6 Å². The zero-order valence-corrected chi connectivity index (χ0v) is 11.0. The topological polar surface area (TPSA) is 85.3 Å². The molecule has 2 N–H and O–H groups in total. The van der Waals surface area contributed by atoms with Gasteiger partial charge in [-0.3, -0.25) is 10.1 Å². The van der Waals surface area contributed by atoms with Crippen LogP contribution >= 0.6 is 0 Å². The second-order valence-electron chi connectivity index (χ2n) is 4.88. The normalized spacial score (nSPS) is 17.1. The first kappa shape index (κ1) is 12.4. The Morgan fingerprint density at radius 1 is 1.35 bits per heavy atom. The Morgan fingerprint density at radius 2 is 2.10 bits per heavy atom. The third-order valence-corrected chi connectivity index (χ3v) is 3.54. The van der Waals surface area contributed by atoms with E-state index in [4.69, 9.17) is 5.73 Å². The highest BCUT2D eigenvalue weighted by atomic mass is 16.6. The van der Waals surface area contributed by atoms with E-state index >= 15 is 0 Å². The van der Waals surface area contributed by atoms with Crippen LogP contribution < -0.4 is 10.6 Å². The fourth-order valence-corrected chi connectivity index (χ4v) is 2.66. The van der Waals surface area contributed by atoms with Crippen LogP contribution in [0.1, 0.15) is 12.5 Å².